The van der Waals surface area contributed by atoms with Gasteiger partial charge in [0.1, 0.15) is 10.8 Å². The van der Waals surface area contributed by atoms with E-state index in [1.165, 1.54) is 22.6 Å². The van der Waals surface area contributed by atoms with Crippen LogP contribution in [0.4, 0.5) is 4.39 Å². The molecule has 0 aliphatic carbocycles. The molecule has 118 valence electrons. The van der Waals surface area contributed by atoms with E-state index in [9.17, 15) is 12.8 Å². The molecule has 5 nitrogen and oxygen atoms in total. The van der Waals surface area contributed by atoms with Crippen molar-refractivity contribution in [2.45, 2.75) is 4.21 Å². The minimum Gasteiger partial charge on any atom is -0.304 e. The third-order valence-corrected chi connectivity index (χ3v) is 7.01. The summed E-state index contributed by atoms with van der Waals surface area (Å²) in [6.45, 7) is 2.43. The SMILES string of the molecule is CN1CCN(S(=O)(=O)c2cnc(-c3ccc(F)cc3)s2)CC1. The van der Waals surface area contributed by atoms with Crippen molar-refractivity contribution in [2.24, 2.45) is 0 Å². The minimum atomic E-state index is -3.49. The summed E-state index contributed by atoms with van der Waals surface area (Å²) in [4.78, 5) is 6.27. The third-order valence-electron chi connectivity index (χ3n) is 3.63. The van der Waals surface area contributed by atoms with E-state index in [1.54, 1.807) is 12.1 Å². The summed E-state index contributed by atoms with van der Waals surface area (Å²) in [6, 6.07) is 5.87. The van der Waals surface area contributed by atoms with Crippen molar-refractivity contribution in [1.29, 1.82) is 0 Å². The Balaban J connectivity index is 1.85. The number of aromatic nitrogens is 1. The Morgan fingerprint density at radius 2 is 1.77 bits per heavy atom. The highest BCUT2D eigenvalue weighted by Gasteiger charge is 2.29. The van der Waals surface area contributed by atoms with Crippen LogP contribution in [0.5, 0.6) is 0 Å². The second kappa shape index (κ2) is 6.04. The highest BCUT2D eigenvalue weighted by Crippen LogP contribution is 2.30. The van der Waals surface area contributed by atoms with E-state index in [0.29, 0.717) is 23.7 Å². The Morgan fingerprint density at radius 3 is 2.41 bits per heavy atom. The number of piperazine rings is 1. The zero-order valence-corrected chi connectivity index (χ0v) is 13.7. The number of likely N-dealkylation sites (N-methyl/N-ethyl adjacent to an activating group) is 1. The summed E-state index contributed by atoms with van der Waals surface area (Å²) in [5.41, 5.74) is 0.714. The summed E-state index contributed by atoms with van der Waals surface area (Å²) in [7, 11) is -1.52. The second-order valence-corrected chi connectivity index (χ2v) is 8.39. The van der Waals surface area contributed by atoms with Gasteiger partial charge in [0.15, 0.2) is 4.21 Å². The molecule has 0 atom stereocenters. The van der Waals surface area contributed by atoms with Crippen LogP contribution in [0, 0.1) is 5.82 Å². The van der Waals surface area contributed by atoms with Crippen molar-refractivity contribution in [3.63, 3.8) is 0 Å². The quantitative estimate of drug-likeness (QED) is 0.855. The molecular formula is C14H16FN3O2S2. The van der Waals surface area contributed by atoms with Crippen LogP contribution in [0.2, 0.25) is 0 Å². The smallest absolute Gasteiger partial charge is 0.254 e. The van der Waals surface area contributed by atoms with E-state index in [4.69, 9.17) is 0 Å². The summed E-state index contributed by atoms with van der Waals surface area (Å²) >= 11 is 1.12. The second-order valence-electron chi connectivity index (χ2n) is 5.20. The topological polar surface area (TPSA) is 53.5 Å². The zero-order chi connectivity index (χ0) is 15.7. The Morgan fingerprint density at radius 1 is 1.14 bits per heavy atom. The number of hydrogen-bond acceptors (Lipinski definition) is 5. The molecule has 0 saturated carbocycles. The largest absolute Gasteiger partial charge is 0.304 e. The summed E-state index contributed by atoms with van der Waals surface area (Å²) < 4.78 is 39.9. The number of thiazole rings is 1. The van der Waals surface area contributed by atoms with Gasteiger partial charge in [-0.3, -0.25) is 0 Å². The van der Waals surface area contributed by atoms with Gasteiger partial charge in [0.25, 0.3) is 10.0 Å². The van der Waals surface area contributed by atoms with Crippen molar-refractivity contribution in [2.75, 3.05) is 33.2 Å². The number of hydrogen-bond donors (Lipinski definition) is 0. The molecule has 8 heteroatoms. The maximum atomic E-state index is 12.9. The van der Waals surface area contributed by atoms with Gasteiger partial charge in [0.2, 0.25) is 0 Å². The number of halogens is 1. The molecule has 0 N–H and O–H groups in total. The normalized spacial score (nSPS) is 17.7. The summed E-state index contributed by atoms with van der Waals surface area (Å²) in [6.07, 6.45) is 1.39. The highest BCUT2D eigenvalue weighted by molar-refractivity contribution is 7.91. The van der Waals surface area contributed by atoms with Crippen LogP contribution < -0.4 is 0 Å². The molecule has 1 saturated heterocycles. The molecule has 0 bridgehead atoms. The molecule has 3 rings (SSSR count). The molecule has 0 unspecified atom stereocenters. The first-order valence-corrected chi connectivity index (χ1v) is 9.13. The molecule has 2 aromatic rings. The van der Waals surface area contributed by atoms with Gasteiger partial charge in [0.05, 0.1) is 6.20 Å². The van der Waals surface area contributed by atoms with Gasteiger partial charge >= 0.3 is 0 Å². The van der Waals surface area contributed by atoms with Crippen LogP contribution >= 0.6 is 11.3 Å². The fourth-order valence-electron chi connectivity index (χ4n) is 2.26. The van der Waals surface area contributed by atoms with Crippen molar-refractivity contribution >= 4 is 21.4 Å². The Bertz CT molecular complexity index is 751. The van der Waals surface area contributed by atoms with Crippen LogP contribution in [0.3, 0.4) is 0 Å². The van der Waals surface area contributed by atoms with Gasteiger partial charge in [-0.15, -0.1) is 11.3 Å². The average molecular weight is 341 g/mol. The molecule has 1 aliphatic rings. The average Bonchev–Trinajstić information content (AvgIpc) is 2.99. The minimum absolute atomic E-state index is 0.233. The van der Waals surface area contributed by atoms with E-state index in [1.807, 2.05) is 7.05 Å². The third kappa shape index (κ3) is 3.05. The number of sulfonamides is 1. The van der Waals surface area contributed by atoms with E-state index < -0.39 is 10.0 Å². The van der Waals surface area contributed by atoms with Crippen LogP contribution in [0.15, 0.2) is 34.7 Å². The number of benzene rings is 1. The van der Waals surface area contributed by atoms with Gasteiger partial charge < -0.3 is 4.90 Å². The Labute approximate surface area is 133 Å². The summed E-state index contributed by atoms with van der Waals surface area (Å²) in [5.74, 6) is -0.328. The summed E-state index contributed by atoms with van der Waals surface area (Å²) in [5, 5.41) is 0.577. The lowest BCUT2D eigenvalue weighted by Gasteiger charge is -2.30. The van der Waals surface area contributed by atoms with E-state index in [0.717, 1.165) is 24.4 Å². The van der Waals surface area contributed by atoms with Crippen molar-refractivity contribution in [3.05, 3.63) is 36.3 Å². The first-order valence-electron chi connectivity index (χ1n) is 6.87. The van der Waals surface area contributed by atoms with Crippen LogP contribution in [0.1, 0.15) is 0 Å². The first kappa shape index (κ1) is 15.5. The van der Waals surface area contributed by atoms with E-state index >= 15 is 0 Å². The molecule has 1 aromatic carbocycles. The molecule has 0 spiro atoms. The lowest BCUT2D eigenvalue weighted by Crippen LogP contribution is -2.46. The lowest BCUT2D eigenvalue weighted by molar-refractivity contribution is 0.222. The molecule has 0 amide bonds. The van der Waals surface area contributed by atoms with Crippen LogP contribution in [-0.2, 0) is 10.0 Å². The molecule has 1 fully saturated rings. The maximum Gasteiger partial charge on any atom is 0.254 e. The first-order chi connectivity index (χ1) is 10.5. The van der Waals surface area contributed by atoms with Gasteiger partial charge in [-0.1, -0.05) is 0 Å². The molecule has 22 heavy (non-hydrogen) atoms. The predicted molar refractivity (Wildman–Crippen MR) is 83.8 cm³/mol. The molecule has 2 heterocycles. The van der Waals surface area contributed by atoms with Crippen molar-refractivity contribution in [3.8, 4) is 10.6 Å². The standard InChI is InChI=1S/C14H16FN3O2S2/c1-17-6-8-18(9-7-17)22(19,20)13-10-16-14(21-13)11-2-4-12(15)5-3-11/h2-5,10H,6-9H2,1H3. The van der Waals surface area contributed by atoms with E-state index in [2.05, 4.69) is 9.88 Å². The van der Waals surface area contributed by atoms with Gasteiger partial charge in [0, 0.05) is 31.7 Å². The van der Waals surface area contributed by atoms with E-state index in [-0.39, 0.29) is 10.0 Å². The van der Waals surface area contributed by atoms with Crippen molar-refractivity contribution < 1.29 is 12.8 Å². The molecule has 1 aromatic heterocycles. The van der Waals surface area contributed by atoms with Crippen LogP contribution in [-0.4, -0.2) is 55.8 Å². The number of nitrogens with zero attached hydrogens (tertiary/aromatic N) is 3. The molecule has 1 aliphatic heterocycles. The number of rotatable bonds is 3. The Kier molecular flexibility index (Phi) is 4.26. The van der Waals surface area contributed by atoms with Gasteiger partial charge in [-0.2, -0.15) is 4.31 Å². The van der Waals surface area contributed by atoms with Gasteiger partial charge in [-0.05, 0) is 31.3 Å². The van der Waals surface area contributed by atoms with Crippen molar-refractivity contribution in [1.82, 2.24) is 14.2 Å². The Hall–Kier alpha value is -1.35. The monoisotopic (exact) mass is 341 g/mol. The van der Waals surface area contributed by atoms with Crippen LogP contribution in [0.25, 0.3) is 10.6 Å². The zero-order valence-electron chi connectivity index (χ0n) is 12.1. The predicted octanol–water partition coefficient (Wildman–Crippen LogP) is 1.89. The fraction of sp³-hybridized carbons (Fsp3) is 0.357. The highest BCUT2D eigenvalue weighted by atomic mass is 32.2. The lowest BCUT2D eigenvalue weighted by atomic mass is 10.2. The fourth-order valence-corrected chi connectivity index (χ4v) is 4.97. The maximum absolute atomic E-state index is 12.9. The molecular weight excluding hydrogens is 325 g/mol. The molecule has 0 radical (unpaired) electrons. The van der Waals surface area contributed by atoms with Gasteiger partial charge in [-0.25, -0.2) is 17.8 Å².